The minimum atomic E-state index is -0.0855. The number of aromatic nitrogens is 2. The molecule has 25 heavy (non-hydrogen) atoms. The number of hydrogen-bond acceptors (Lipinski definition) is 3. The van der Waals surface area contributed by atoms with E-state index in [-0.39, 0.29) is 11.8 Å². The van der Waals surface area contributed by atoms with Gasteiger partial charge in [-0.15, -0.1) is 0 Å². The molecule has 1 aromatic carbocycles. The number of nitrogens with zero attached hydrogens (tertiary/aromatic N) is 3. The second-order valence-electron chi connectivity index (χ2n) is 6.29. The van der Waals surface area contributed by atoms with Crippen LogP contribution in [0.25, 0.3) is 0 Å². The van der Waals surface area contributed by atoms with Crippen molar-refractivity contribution >= 4 is 11.8 Å². The van der Waals surface area contributed by atoms with Crippen LogP contribution >= 0.6 is 0 Å². The van der Waals surface area contributed by atoms with Crippen molar-refractivity contribution in [3.05, 3.63) is 52.8 Å². The first-order valence-electron chi connectivity index (χ1n) is 8.42. The number of hydrogen-bond donors (Lipinski definition) is 1. The van der Waals surface area contributed by atoms with Crippen LogP contribution in [0, 0.1) is 13.8 Å². The normalized spacial score (nSPS) is 10.6. The predicted octanol–water partition coefficient (Wildman–Crippen LogP) is 1.74. The fraction of sp³-hybridized carbons (Fsp3) is 0.421. The first-order chi connectivity index (χ1) is 11.9. The van der Waals surface area contributed by atoms with E-state index in [9.17, 15) is 9.59 Å². The highest BCUT2D eigenvalue weighted by Gasteiger charge is 2.14. The van der Waals surface area contributed by atoms with Crippen LogP contribution in [0.3, 0.4) is 0 Å². The zero-order valence-electron chi connectivity index (χ0n) is 15.4. The molecule has 0 aliphatic heterocycles. The first-order valence-corrected chi connectivity index (χ1v) is 8.42. The molecule has 0 saturated heterocycles. The molecule has 2 aromatic rings. The zero-order chi connectivity index (χ0) is 18.4. The maximum atomic E-state index is 12.2. The monoisotopic (exact) mass is 342 g/mol. The molecule has 0 atom stereocenters. The fourth-order valence-corrected chi connectivity index (χ4v) is 2.74. The SMILES string of the molecule is Cc1nn(C)c(C)c1CC(=O)NCCC(=O)N(C)Cc1ccccc1. The molecule has 0 spiro atoms. The molecule has 0 unspecified atom stereocenters. The van der Waals surface area contributed by atoms with Crippen LogP contribution in [0.5, 0.6) is 0 Å². The van der Waals surface area contributed by atoms with E-state index in [0.29, 0.717) is 25.9 Å². The quantitative estimate of drug-likeness (QED) is 0.833. The van der Waals surface area contributed by atoms with E-state index in [0.717, 1.165) is 22.5 Å². The second-order valence-corrected chi connectivity index (χ2v) is 6.29. The number of carbonyl (C=O) groups excluding carboxylic acids is 2. The van der Waals surface area contributed by atoms with Crippen LogP contribution in [-0.4, -0.2) is 40.1 Å². The van der Waals surface area contributed by atoms with E-state index in [4.69, 9.17) is 0 Å². The lowest BCUT2D eigenvalue weighted by Gasteiger charge is -2.17. The van der Waals surface area contributed by atoms with Gasteiger partial charge in [-0.1, -0.05) is 30.3 Å². The van der Waals surface area contributed by atoms with Crippen molar-refractivity contribution in [3.8, 4) is 0 Å². The van der Waals surface area contributed by atoms with Gasteiger partial charge >= 0.3 is 0 Å². The van der Waals surface area contributed by atoms with Gasteiger partial charge in [-0.2, -0.15) is 5.10 Å². The third-order valence-corrected chi connectivity index (χ3v) is 4.35. The lowest BCUT2D eigenvalue weighted by atomic mass is 10.1. The van der Waals surface area contributed by atoms with Gasteiger partial charge in [0, 0.05) is 44.9 Å². The van der Waals surface area contributed by atoms with Gasteiger partial charge in [0.15, 0.2) is 0 Å². The van der Waals surface area contributed by atoms with Gasteiger partial charge in [0.25, 0.3) is 0 Å². The fourth-order valence-electron chi connectivity index (χ4n) is 2.74. The van der Waals surface area contributed by atoms with Crippen LogP contribution in [0.4, 0.5) is 0 Å². The van der Waals surface area contributed by atoms with E-state index in [1.807, 2.05) is 51.2 Å². The molecule has 1 heterocycles. The average Bonchev–Trinajstić information content (AvgIpc) is 2.82. The van der Waals surface area contributed by atoms with Gasteiger partial charge in [-0.05, 0) is 19.4 Å². The molecule has 1 N–H and O–H groups in total. The van der Waals surface area contributed by atoms with Crippen molar-refractivity contribution in [2.24, 2.45) is 7.05 Å². The van der Waals surface area contributed by atoms with E-state index < -0.39 is 0 Å². The van der Waals surface area contributed by atoms with E-state index in [1.165, 1.54) is 0 Å². The summed E-state index contributed by atoms with van der Waals surface area (Å²) in [6, 6.07) is 9.84. The molecule has 0 fully saturated rings. The minimum absolute atomic E-state index is 0.0119. The molecule has 0 aliphatic carbocycles. The highest BCUT2D eigenvalue weighted by atomic mass is 16.2. The highest BCUT2D eigenvalue weighted by molar-refractivity contribution is 5.80. The van der Waals surface area contributed by atoms with Gasteiger partial charge in [-0.25, -0.2) is 0 Å². The Morgan fingerprint density at radius 3 is 2.48 bits per heavy atom. The summed E-state index contributed by atoms with van der Waals surface area (Å²) >= 11 is 0. The highest BCUT2D eigenvalue weighted by Crippen LogP contribution is 2.12. The smallest absolute Gasteiger partial charge is 0.224 e. The molecule has 0 saturated carbocycles. The van der Waals surface area contributed by atoms with Gasteiger partial charge in [-0.3, -0.25) is 14.3 Å². The Morgan fingerprint density at radius 1 is 1.20 bits per heavy atom. The maximum Gasteiger partial charge on any atom is 0.224 e. The standard InChI is InChI=1S/C19H26N4O2/c1-14-17(15(2)23(4)21-14)12-18(24)20-11-10-19(25)22(3)13-16-8-6-5-7-9-16/h5-9H,10-13H2,1-4H3,(H,20,24). The number of amides is 2. The van der Waals surface area contributed by atoms with Crippen LogP contribution in [0.1, 0.15) is 28.9 Å². The third-order valence-electron chi connectivity index (χ3n) is 4.35. The Morgan fingerprint density at radius 2 is 1.88 bits per heavy atom. The summed E-state index contributed by atoms with van der Waals surface area (Å²) < 4.78 is 1.78. The topological polar surface area (TPSA) is 67.2 Å². The Labute approximate surface area is 148 Å². The van der Waals surface area contributed by atoms with Crippen molar-refractivity contribution in [2.75, 3.05) is 13.6 Å². The average molecular weight is 342 g/mol. The lowest BCUT2D eigenvalue weighted by molar-refractivity contribution is -0.130. The summed E-state index contributed by atoms with van der Waals surface area (Å²) in [4.78, 5) is 25.9. The summed E-state index contributed by atoms with van der Waals surface area (Å²) in [6.45, 7) is 4.76. The number of benzene rings is 1. The Bertz CT molecular complexity index is 737. The van der Waals surface area contributed by atoms with Gasteiger partial charge in [0.2, 0.25) is 11.8 Å². The lowest BCUT2D eigenvalue weighted by Crippen LogP contribution is -2.32. The molecule has 2 amide bonds. The van der Waals surface area contributed by atoms with Crippen molar-refractivity contribution in [3.63, 3.8) is 0 Å². The summed E-state index contributed by atoms with van der Waals surface area (Å²) in [7, 11) is 3.64. The van der Waals surface area contributed by atoms with Crippen molar-refractivity contribution < 1.29 is 9.59 Å². The number of carbonyl (C=O) groups is 2. The molecule has 1 aromatic heterocycles. The summed E-state index contributed by atoms with van der Waals surface area (Å²) in [5.74, 6) is -0.0735. The second kappa shape index (κ2) is 8.46. The Balaban J connectivity index is 1.76. The molecule has 0 aliphatic rings. The summed E-state index contributed by atoms with van der Waals surface area (Å²) in [5.41, 5.74) is 3.90. The van der Waals surface area contributed by atoms with E-state index in [1.54, 1.807) is 16.6 Å². The maximum absolute atomic E-state index is 12.2. The van der Waals surface area contributed by atoms with Crippen molar-refractivity contribution in [1.82, 2.24) is 20.0 Å². The van der Waals surface area contributed by atoms with Crippen LogP contribution < -0.4 is 5.32 Å². The van der Waals surface area contributed by atoms with Crippen LogP contribution in [-0.2, 0) is 29.6 Å². The molecule has 0 bridgehead atoms. The van der Waals surface area contributed by atoms with E-state index in [2.05, 4.69) is 10.4 Å². The third kappa shape index (κ3) is 5.17. The van der Waals surface area contributed by atoms with Gasteiger partial charge in [0.05, 0.1) is 12.1 Å². The molecule has 2 rings (SSSR count). The number of rotatable bonds is 7. The molecular formula is C19H26N4O2. The van der Waals surface area contributed by atoms with E-state index >= 15 is 0 Å². The summed E-state index contributed by atoms with van der Waals surface area (Å²) in [5, 5.41) is 7.13. The predicted molar refractivity (Wildman–Crippen MR) is 96.9 cm³/mol. The van der Waals surface area contributed by atoms with Crippen molar-refractivity contribution in [1.29, 1.82) is 0 Å². The van der Waals surface area contributed by atoms with Gasteiger partial charge < -0.3 is 10.2 Å². The minimum Gasteiger partial charge on any atom is -0.355 e. The molecule has 6 heteroatoms. The van der Waals surface area contributed by atoms with Crippen LogP contribution in [0.2, 0.25) is 0 Å². The molecule has 134 valence electrons. The Kier molecular flexibility index (Phi) is 6.33. The number of aryl methyl sites for hydroxylation is 2. The Hall–Kier alpha value is -2.63. The zero-order valence-corrected chi connectivity index (χ0v) is 15.4. The molecular weight excluding hydrogens is 316 g/mol. The van der Waals surface area contributed by atoms with Crippen LogP contribution in [0.15, 0.2) is 30.3 Å². The van der Waals surface area contributed by atoms with Crippen molar-refractivity contribution in [2.45, 2.75) is 33.2 Å². The largest absolute Gasteiger partial charge is 0.355 e. The van der Waals surface area contributed by atoms with Gasteiger partial charge in [0.1, 0.15) is 0 Å². The number of nitrogens with one attached hydrogen (secondary N) is 1. The first kappa shape index (κ1) is 18.7. The summed E-state index contributed by atoms with van der Waals surface area (Å²) in [6.07, 6.45) is 0.583. The molecule has 6 nitrogen and oxygen atoms in total. The molecule has 0 radical (unpaired) electrons.